The maximum absolute atomic E-state index is 14.3. The molecule has 222 valence electrons. The molecule has 6 nitrogen and oxygen atoms in total. The highest BCUT2D eigenvalue weighted by molar-refractivity contribution is 7.07. The number of hydrogen-bond donors (Lipinski definition) is 0. The summed E-state index contributed by atoms with van der Waals surface area (Å²) < 4.78 is 13.9. The van der Waals surface area contributed by atoms with E-state index in [0.29, 0.717) is 38.9 Å². The van der Waals surface area contributed by atoms with Gasteiger partial charge in [-0.25, -0.2) is 9.79 Å². The normalized spacial score (nSPS) is 14.9. The van der Waals surface area contributed by atoms with Gasteiger partial charge >= 0.3 is 5.97 Å². The average Bonchev–Trinajstić information content (AvgIpc) is 3.34. The first kappa shape index (κ1) is 29.3. The Morgan fingerprint density at radius 2 is 1.70 bits per heavy atom. The summed E-state index contributed by atoms with van der Waals surface area (Å²) in [5, 5.41) is 2.02. The lowest BCUT2D eigenvalue weighted by atomic mass is 9.93. The Morgan fingerprint density at radius 1 is 0.977 bits per heavy atom. The predicted molar refractivity (Wildman–Crippen MR) is 176 cm³/mol. The van der Waals surface area contributed by atoms with E-state index in [1.54, 1.807) is 18.4 Å². The van der Waals surface area contributed by atoms with Crippen molar-refractivity contribution in [2.75, 3.05) is 6.61 Å². The highest BCUT2D eigenvalue weighted by Crippen LogP contribution is 2.32. The zero-order valence-corrected chi connectivity index (χ0v) is 26.1. The molecule has 0 saturated carbocycles. The first-order valence-corrected chi connectivity index (χ1v) is 15.7. The highest BCUT2D eigenvalue weighted by Gasteiger charge is 2.33. The zero-order valence-electron chi connectivity index (χ0n) is 25.2. The van der Waals surface area contributed by atoms with Crippen molar-refractivity contribution < 1.29 is 14.3 Å². The van der Waals surface area contributed by atoms with E-state index in [1.807, 2.05) is 84.9 Å². The number of carbonyl (C=O) groups excluding carboxylic acids is 1. The Morgan fingerprint density at radius 3 is 2.43 bits per heavy atom. The summed E-state index contributed by atoms with van der Waals surface area (Å²) in [6, 6.07) is 29.5. The van der Waals surface area contributed by atoms with Crippen LogP contribution in [0.5, 0.6) is 5.75 Å². The Labute approximate surface area is 260 Å². The maximum atomic E-state index is 14.3. The Hall–Kier alpha value is -4.75. The molecule has 44 heavy (non-hydrogen) atoms. The van der Waals surface area contributed by atoms with Gasteiger partial charge in [-0.3, -0.25) is 9.36 Å². The van der Waals surface area contributed by atoms with Gasteiger partial charge in [-0.1, -0.05) is 110 Å². The van der Waals surface area contributed by atoms with Gasteiger partial charge in [0, 0.05) is 5.56 Å². The molecule has 0 fully saturated rings. The van der Waals surface area contributed by atoms with Crippen LogP contribution < -0.4 is 19.6 Å². The van der Waals surface area contributed by atoms with Crippen molar-refractivity contribution in [3.8, 4) is 5.75 Å². The summed E-state index contributed by atoms with van der Waals surface area (Å²) in [5.74, 6) is 0.570. The van der Waals surface area contributed by atoms with Crippen LogP contribution in [0.1, 0.15) is 61.9 Å². The van der Waals surface area contributed by atoms with Gasteiger partial charge in [0.25, 0.3) is 5.56 Å². The van der Waals surface area contributed by atoms with E-state index >= 15 is 0 Å². The molecule has 0 radical (unpaired) electrons. The number of hydrogen-bond acceptors (Lipinski definition) is 6. The molecule has 2 heterocycles. The Kier molecular flexibility index (Phi) is 8.31. The maximum Gasteiger partial charge on any atom is 0.338 e. The number of rotatable bonds is 8. The molecule has 0 aliphatic carbocycles. The number of fused-ring (bicyclic) bond motifs is 2. The smallest absolute Gasteiger partial charge is 0.338 e. The van der Waals surface area contributed by atoms with Crippen LogP contribution in [0.3, 0.4) is 0 Å². The fourth-order valence-electron chi connectivity index (χ4n) is 5.59. The van der Waals surface area contributed by atoms with Crippen molar-refractivity contribution in [3.63, 3.8) is 0 Å². The number of ether oxygens (including phenoxy) is 2. The van der Waals surface area contributed by atoms with Gasteiger partial charge in [-0.2, -0.15) is 0 Å². The topological polar surface area (TPSA) is 69.9 Å². The van der Waals surface area contributed by atoms with Crippen molar-refractivity contribution in [3.05, 3.63) is 144 Å². The summed E-state index contributed by atoms with van der Waals surface area (Å²) in [6.45, 7) is 8.48. The van der Waals surface area contributed by atoms with E-state index in [1.165, 1.54) is 16.9 Å². The third-order valence-electron chi connectivity index (χ3n) is 7.88. The fraction of sp³-hybridized carbons (Fsp3) is 0.216. The molecule has 1 aromatic heterocycles. The van der Waals surface area contributed by atoms with Gasteiger partial charge in [-0.05, 0) is 59.4 Å². The minimum atomic E-state index is -0.657. The Balaban J connectivity index is 1.53. The molecular formula is C37H34N2O4S. The van der Waals surface area contributed by atoms with Gasteiger partial charge < -0.3 is 9.47 Å². The average molecular weight is 603 g/mol. The lowest BCUT2D eigenvalue weighted by molar-refractivity contribution is -0.139. The van der Waals surface area contributed by atoms with E-state index in [2.05, 4.69) is 26.0 Å². The predicted octanol–water partition coefficient (Wildman–Crippen LogP) is 6.65. The number of nitrogens with zero attached hydrogens (tertiary/aromatic N) is 2. The zero-order chi connectivity index (χ0) is 30.8. The minimum Gasteiger partial charge on any atom is -0.488 e. The standard InChI is InChI=1S/C37H34N2O4S/c1-5-42-36(41)33-24(4)38-37-39(34(33)28-17-15-26(16-18-28)23(2)3)35(40)32(44-37)21-30-29-14-10-9-13-27(29)19-20-31(30)43-22-25-11-7-6-8-12-25/h6-21,23,34H,5,22H2,1-4H3. The number of esters is 1. The molecule has 1 atom stereocenters. The first-order valence-electron chi connectivity index (χ1n) is 14.8. The molecule has 0 saturated heterocycles. The molecule has 5 aromatic rings. The number of aromatic nitrogens is 1. The second kappa shape index (κ2) is 12.5. The van der Waals surface area contributed by atoms with Crippen LogP contribution in [0.25, 0.3) is 16.8 Å². The lowest BCUT2D eigenvalue weighted by Crippen LogP contribution is -2.40. The molecular weight excluding hydrogens is 568 g/mol. The highest BCUT2D eigenvalue weighted by atomic mass is 32.1. The summed E-state index contributed by atoms with van der Waals surface area (Å²) >= 11 is 1.31. The summed E-state index contributed by atoms with van der Waals surface area (Å²) in [5.41, 5.74) is 4.59. The summed E-state index contributed by atoms with van der Waals surface area (Å²) in [7, 11) is 0. The van der Waals surface area contributed by atoms with Crippen molar-refractivity contribution in [1.82, 2.24) is 4.57 Å². The number of allylic oxidation sites excluding steroid dienone is 1. The molecule has 1 aliphatic heterocycles. The largest absolute Gasteiger partial charge is 0.488 e. The van der Waals surface area contributed by atoms with Crippen LogP contribution in [0, 0.1) is 0 Å². The van der Waals surface area contributed by atoms with Gasteiger partial charge in [0.05, 0.1) is 28.5 Å². The second-order valence-corrected chi connectivity index (χ2v) is 12.1. The molecule has 7 heteroatoms. The number of thiazole rings is 1. The first-order chi connectivity index (χ1) is 21.4. The molecule has 0 spiro atoms. The fourth-order valence-corrected chi connectivity index (χ4v) is 6.62. The molecule has 4 aromatic carbocycles. The van der Waals surface area contributed by atoms with E-state index < -0.39 is 12.0 Å². The van der Waals surface area contributed by atoms with Gasteiger partial charge in [0.1, 0.15) is 12.4 Å². The second-order valence-electron chi connectivity index (χ2n) is 11.1. The quantitative estimate of drug-likeness (QED) is 0.187. The SMILES string of the molecule is CCOC(=O)C1=C(C)N=c2sc(=Cc3c(OCc4ccccc4)ccc4ccccc34)c(=O)n2C1c1ccc(C(C)C)cc1. The van der Waals surface area contributed by atoms with Gasteiger partial charge in [0.2, 0.25) is 0 Å². The third kappa shape index (κ3) is 5.63. The van der Waals surface area contributed by atoms with Crippen molar-refractivity contribution in [2.24, 2.45) is 4.99 Å². The van der Waals surface area contributed by atoms with Crippen LogP contribution >= 0.6 is 11.3 Å². The van der Waals surface area contributed by atoms with Crippen LogP contribution in [0.2, 0.25) is 0 Å². The van der Waals surface area contributed by atoms with Crippen LogP contribution in [-0.2, 0) is 16.1 Å². The van der Waals surface area contributed by atoms with Crippen molar-refractivity contribution in [2.45, 2.75) is 46.3 Å². The Bertz CT molecular complexity index is 2060. The van der Waals surface area contributed by atoms with Crippen molar-refractivity contribution >= 4 is 34.2 Å². The van der Waals surface area contributed by atoms with Crippen molar-refractivity contribution in [1.29, 1.82) is 0 Å². The van der Waals surface area contributed by atoms with E-state index in [9.17, 15) is 9.59 Å². The van der Waals surface area contributed by atoms with E-state index in [-0.39, 0.29) is 12.2 Å². The molecule has 0 N–H and O–H groups in total. The molecule has 1 unspecified atom stereocenters. The van der Waals surface area contributed by atoms with Crippen LogP contribution in [0.15, 0.2) is 112 Å². The number of carbonyl (C=O) groups is 1. The van der Waals surface area contributed by atoms with Crippen LogP contribution in [0.4, 0.5) is 0 Å². The summed E-state index contributed by atoms with van der Waals surface area (Å²) in [4.78, 5) is 32.9. The third-order valence-corrected chi connectivity index (χ3v) is 8.86. The molecule has 0 amide bonds. The minimum absolute atomic E-state index is 0.220. The molecule has 0 bridgehead atoms. The molecule has 6 rings (SSSR count). The van der Waals surface area contributed by atoms with E-state index in [4.69, 9.17) is 14.5 Å². The van der Waals surface area contributed by atoms with Crippen LogP contribution in [-0.4, -0.2) is 17.1 Å². The van der Waals surface area contributed by atoms with E-state index in [0.717, 1.165) is 27.5 Å². The lowest BCUT2D eigenvalue weighted by Gasteiger charge is -2.25. The summed E-state index contributed by atoms with van der Waals surface area (Å²) in [6.07, 6.45) is 1.90. The van der Waals surface area contributed by atoms with Gasteiger partial charge in [0.15, 0.2) is 4.80 Å². The molecule has 1 aliphatic rings. The number of benzene rings is 4. The van der Waals surface area contributed by atoms with Gasteiger partial charge in [-0.15, -0.1) is 0 Å². The monoisotopic (exact) mass is 602 g/mol.